The fourth-order valence-corrected chi connectivity index (χ4v) is 7.28. The number of aryl methyl sites for hydroxylation is 2. The lowest BCUT2D eigenvalue weighted by Crippen LogP contribution is -2.17. The monoisotopic (exact) mass is 748 g/mol. The Balaban J connectivity index is 1.56. The van der Waals surface area contributed by atoms with Gasteiger partial charge in [0.2, 0.25) is 0 Å². The lowest BCUT2D eigenvalue weighted by molar-refractivity contribution is -0.00709. The summed E-state index contributed by atoms with van der Waals surface area (Å²) in [5.41, 5.74) is 8.31. The molecule has 0 aromatic heterocycles. The first-order valence-electron chi connectivity index (χ1n) is 14.0. The summed E-state index contributed by atoms with van der Waals surface area (Å²) in [5.74, 6) is 1.96. The van der Waals surface area contributed by atoms with Crippen LogP contribution in [0.15, 0.2) is 12.1 Å². The summed E-state index contributed by atoms with van der Waals surface area (Å²) in [6, 6.07) is 4.69. The molecule has 0 spiro atoms. The maximum Gasteiger partial charge on any atom is 0.141 e. The van der Waals surface area contributed by atoms with Crippen molar-refractivity contribution in [2.75, 3.05) is 66.1 Å². The van der Waals surface area contributed by atoms with Gasteiger partial charge in [0.1, 0.15) is 24.7 Å². The Kier molecular flexibility index (Phi) is 11.3. The molecule has 2 aromatic carbocycles. The number of fused-ring (bicyclic) bond motifs is 7. The van der Waals surface area contributed by atoms with E-state index >= 15 is 0 Å². The van der Waals surface area contributed by atoms with Crippen LogP contribution in [0.4, 0.5) is 0 Å². The second kappa shape index (κ2) is 14.8. The van der Waals surface area contributed by atoms with Gasteiger partial charge in [0, 0.05) is 11.1 Å². The molecule has 0 saturated heterocycles. The SMILES string of the molecule is Ic1cc2c(c3c1OCCOCCOCCOCCOCCOc1c(I)cc4c(c1-3)CCCC4)CCCC2. The zero-order chi connectivity index (χ0) is 26.2. The van der Waals surface area contributed by atoms with Crippen molar-refractivity contribution in [3.8, 4) is 22.6 Å². The molecule has 0 amide bonds. The minimum Gasteiger partial charge on any atom is -0.489 e. The van der Waals surface area contributed by atoms with Crippen LogP contribution in [-0.4, -0.2) is 66.1 Å². The van der Waals surface area contributed by atoms with E-state index in [1.54, 1.807) is 0 Å². The molecule has 0 unspecified atom stereocenters. The number of benzene rings is 2. The molecule has 0 fully saturated rings. The van der Waals surface area contributed by atoms with Crippen LogP contribution in [0.3, 0.4) is 0 Å². The molecule has 2 aromatic rings. The molecule has 1 aliphatic heterocycles. The maximum absolute atomic E-state index is 6.58. The summed E-state index contributed by atoms with van der Waals surface area (Å²) in [7, 11) is 0. The molecule has 2 aliphatic carbocycles. The van der Waals surface area contributed by atoms with E-state index < -0.39 is 0 Å². The lowest BCUT2D eigenvalue weighted by atomic mass is 9.80. The van der Waals surface area contributed by atoms with Crippen molar-refractivity contribution in [2.24, 2.45) is 0 Å². The Morgan fingerprint density at radius 2 is 0.789 bits per heavy atom. The van der Waals surface area contributed by atoms with Crippen LogP contribution in [0.2, 0.25) is 0 Å². The van der Waals surface area contributed by atoms with Crippen molar-refractivity contribution >= 4 is 45.2 Å². The Bertz CT molecular complexity index is 1000. The Morgan fingerprint density at radius 1 is 0.447 bits per heavy atom. The third kappa shape index (κ3) is 7.15. The molecule has 0 N–H and O–H groups in total. The van der Waals surface area contributed by atoms with E-state index in [0.717, 1.165) is 37.2 Å². The van der Waals surface area contributed by atoms with E-state index in [2.05, 4.69) is 57.3 Å². The summed E-state index contributed by atoms with van der Waals surface area (Å²) < 4.78 is 38.3. The molecule has 0 saturated carbocycles. The van der Waals surface area contributed by atoms with Crippen LogP contribution in [0, 0.1) is 7.14 Å². The number of hydrogen-bond donors (Lipinski definition) is 0. The van der Waals surface area contributed by atoms with E-state index in [1.807, 2.05) is 0 Å². The molecule has 38 heavy (non-hydrogen) atoms. The molecule has 0 atom stereocenters. The van der Waals surface area contributed by atoms with Crippen LogP contribution < -0.4 is 9.47 Å². The number of hydrogen-bond acceptors (Lipinski definition) is 6. The smallest absolute Gasteiger partial charge is 0.141 e. The topological polar surface area (TPSA) is 55.4 Å². The van der Waals surface area contributed by atoms with E-state index in [9.17, 15) is 0 Å². The highest BCUT2D eigenvalue weighted by Crippen LogP contribution is 2.50. The van der Waals surface area contributed by atoms with Gasteiger partial charge in [-0.15, -0.1) is 0 Å². The van der Waals surface area contributed by atoms with Gasteiger partial charge in [0.25, 0.3) is 0 Å². The Labute approximate surface area is 253 Å². The average molecular weight is 748 g/mol. The number of halogens is 2. The minimum absolute atomic E-state index is 0.501. The van der Waals surface area contributed by atoms with Crippen LogP contribution in [-0.2, 0) is 44.6 Å². The van der Waals surface area contributed by atoms with Crippen molar-refractivity contribution in [1.82, 2.24) is 0 Å². The van der Waals surface area contributed by atoms with Crippen molar-refractivity contribution in [2.45, 2.75) is 51.4 Å². The molecule has 1 heterocycles. The molecule has 6 nitrogen and oxygen atoms in total. The van der Waals surface area contributed by atoms with Crippen molar-refractivity contribution < 1.29 is 28.4 Å². The van der Waals surface area contributed by atoms with E-state index in [4.69, 9.17) is 28.4 Å². The van der Waals surface area contributed by atoms with Crippen molar-refractivity contribution in [1.29, 1.82) is 0 Å². The van der Waals surface area contributed by atoms with Crippen molar-refractivity contribution in [3.05, 3.63) is 41.5 Å². The largest absolute Gasteiger partial charge is 0.489 e. The third-order valence-electron chi connectivity index (χ3n) is 7.43. The molecular formula is C30H38I2O6. The Hall–Kier alpha value is -0.660. The van der Waals surface area contributed by atoms with Gasteiger partial charge in [-0.25, -0.2) is 0 Å². The normalized spacial score (nSPS) is 20.1. The standard InChI is InChI=1S/C30H38I2O6/c31-25-19-21-5-1-3-7-23(21)27-28-24-8-4-2-6-22(24)20-26(32)30(28)38-18-16-36-14-12-34-10-9-33-11-13-35-15-17-37-29(25)27/h19-20H,1-18H2. The van der Waals surface area contributed by atoms with Gasteiger partial charge in [-0.1, -0.05) is 0 Å². The first-order valence-corrected chi connectivity index (χ1v) is 16.1. The third-order valence-corrected chi connectivity index (χ3v) is 9.03. The summed E-state index contributed by atoms with van der Waals surface area (Å²) in [4.78, 5) is 0. The second-order valence-corrected chi connectivity index (χ2v) is 12.3. The van der Waals surface area contributed by atoms with Gasteiger partial charge in [-0.3, -0.25) is 0 Å². The van der Waals surface area contributed by atoms with E-state index in [1.165, 1.54) is 66.2 Å². The number of ether oxygens (including phenoxy) is 6. The predicted octanol–water partition coefficient (Wildman–Crippen LogP) is 6.16. The number of rotatable bonds is 0. The van der Waals surface area contributed by atoms with Crippen LogP contribution in [0.1, 0.15) is 47.9 Å². The average Bonchev–Trinajstić information content (AvgIpc) is 2.92. The van der Waals surface area contributed by atoms with E-state index in [-0.39, 0.29) is 0 Å². The van der Waals surface area contributed by atoms with E-state index in [0.29, 0.717) is 66.1 Å². The molecule has 8 heteroatoms. The first kappa shape index (κ1) is 28.9. The van der Waals surface area contributed by atoms with Crippen LogP contribution >= 0.6 is 45.2 Å². The summed E-state index contributed by atoms with van der Waals surface area (Å²) in [6.45, 7) is 5.36. The molecule has 3 aliphatic rings. The molecular weight excluding hydrogens is 710 g/mol. The van der Waals surface area contributed by atoms with Gasteiger partial charge < -0.3 is 28.4 Å². The quantitative estimate of drug-likeness (QED) is 0.302. The summed E-state index contributed by atoms with van der Waals surface area (Å²) in [5, 5.41) is 0. The summed E-state index contributed by atoms with van der Waals surface area (Å²) in [6.07, 6.45) is 9.31. The van der Waals surface area contributed by atoms with Gasteiger partial charge in [0.05, 0.1) is 60.0 Å². The lowest BCUT2D eigenvalue weighted by Gasteiger charge is -2.29. The Morgan fingerprint density at radius 3 is 1.18 bits per heavy atom. The fraction of sp³-hybridized carbons (Fsp3) is 0.600. The first-order chi connectivity index (χ1) is 18.7. The zero-order valence-electron chi connectivity index (χ0n) is 22.1. The van der Waals surface area contributed by atoms with Gasteiger partial charge >= 0.3 is 0 Å². The molecule has 5 rings (SSSR count). The highest BCUT2D eigenvalue weighted by Gasteiger charge is 2.29. The summed E-state index contributed by atoms with van der Waals surface area (Å²) >= 11 is 4.93. The second-order valence-electron chi connectivity index (χ2n) is 9.96. The van der Waals surface area contributed by atoms with Gasteiger partial charge in [-0.05, 0) is 131 Å². The molecule has 0 radical (unpaired) electrons. The predicted molar refractivity (Wildman–Crippen MR) is 165 cm³/mol. The maximum atomic E-state index is 6.58. The van der Waals surface area contributed by atoms with Crippen LogP contribution in [0.5, 0.6) is 11.5 Å². The fourth-order valence-electron chi connectivity index (χ4n) is 5.68. The highest BCUT2D eigenvalue weighted by molar-refractivity contribution is 14.1. The van der Waals surface area contributed by atoms with Crippen LogP contribution in [0.25, 0.3) is 11.1 Å². The zero-order valence-corrected chi connectivity index (χ0v) is 26.4. The molecule has 0 bridgehead atoms. The van der Waals surface area contributed by atoms with Crippen molar-refractivity contribution in [3.63, 3.8) is 0 Å². The minimum atomic E-state index is 0.501. The highest BCUT2D eigenvalue weighted by atomic mass is 127. The van der Waals surface area contributed by atoms with Gasteiger partial charge in [0.15, 0.2) is 0 Å². The van der Waals surface area contributed by atoms with Gasteiger partial charge in [-0.2, -0.15) is 0 Å². The molecule has 208 valence electrons.